The molecule has 26 heavy (non-hydrogen) atoms. The first-order valence-electron chi connectivity index (χ1n) is 8.53. The number of ether oxygens (including phenoxy) is 1. The highest BCUT2D eigenvalue weighted by Crippen LogP contribution is 2.46. The minimum atomic E-state index is -4.46. The van der Waals surface area contributed by atoms with Crippen molar-refractivity contribution in [2.45, 2.75) is 43.4 Å². The molecule has 2 fully saturated rings. The quantitative estimate of drug-likeness (QED) is 0.884. The SMILES string of the molecule is O=C(O)CC1CN(C(=O)C2(c3cccc(C(F)(F)F)c3)CCC2)CCO1. The van der Waals surface area contributed by atoms with E-state index >= 15 is 0 Å². The van der Waals surface area contributed by atoms with E-state index in [1.54, 1.807) is 6.07 Å². The van der Waals surface area contributed by atoms with Gasteiger partial charge in [0.1, 0.15) is 0 Å². The Morgan fingerprint density at radius 2 is 2.04 bits per heavy atom. The van der Waals surface area contributed by atoms with Crippen LogP contribution in [0, 0.1) is 0 Å². The minimum Gasteiger partial charge on any atom is -0.481 e. The van der Waals surface area contributed by atoms with Crippen molar-refractivity contribution in [2.75, 3.05) is 19.7 Å². The van der Waals surface area contributed by atoms with Crippen LogP contribution in [-0.2, 0) is 25.9 Å². The Hall–Kier alpha value is -2.09. The summed E-state index contributed by atoms with van der Waals surface area (Å²) in [6.07, 6.45) is -3.51. The second-order valence-electron chi connectivity index (χ2n) is 6.86. The summed E-state index contributed by atoms with van der Waals surface area (Å²) in [5.41, 5.74) is -1.34. The monoisotopic (exact) mass is 371 g/mol. The molecule has 1 saturated carbocycles. The van der Waals surface area contributed by atoms with Gasteiger partial charge in [-0.15, -0.1) is 0 Å². The van der Waals surface area contributed by atoms with Crippen LogP contribution in [0.1, 0.15) is 36.8 Å². The van der Waals surface area contributed by atoms with E-state index in [4.69, 9.17) is 9.84 Å². The zero-order valence-electron chi connectivity index (χ0n) is 14.1. The van der Waals surface area contributed by atoms with Crippen molar-refractivity contribution < 1.29 is 32.6 Å². The molecule has 1 unspecified atom stereocenters. The highest BCUT2D eigenvalue weighted by molar-refractivity contribution is 5.89. The van der Waals surface area contributed by atoms with Crippen LogP contribution in [-0.4, -0.2) is 47.7 Å². The number of hydrogen-bond acceptors (Lipinski definition) is 3. The van der Waals surface area contributed by atoms with E-state index in [1.807, 2.05) is 0 Å². The number of nitrogens with zero attached hydrogens (tertiary/aromatic N) is 1. The fourth-order valence-electron chi connectivity index (χ4n) is 3.67. The average Bonchev–Trinajstić information content (AvgIpc) is 2.53. The van der Waals surface area contributed by atoms with Crippen molar-refractivity contribution in [1.82, 2.24) is 4.90 Å². The second-order valence-corrected chi connectivity index (χ2v) is 6.86. The number of alkyl halides is 3. The molecule has 1 saturated heterocycles. The van der Waals surface area contributed by atoms with Gasteiger partial charge in [0, 0.05) is 13.1 Å². The minimum absolute atomic E-state index is 0.145. The number of carboxylic acid groups (broad SMARTS) is 1. The number of aliphatic carboxylic acids is 1. The van der Waals surface area contributed by atoms with E-state index in [0.29, 0.717) is 24.9 Å². The van der Waals surface area contributed by atoms with Crippen molar-refractivity contribution in [2.24, 2.45) is 0 Å². The standard InChI is InChI=1S/C18H20F3NO4/c19-18(20,21)13-4-1-3-12(9-13)17(5-2-6-17)16(25)22-7-8-26-14(11-22)10-15(23)24/h1,3-4,9,14H,2,5-8,10-11H2,(H,23,24). The molecular weight excluding hydrogens is 351 g/mol. The predicted octanol–water partition coefficient (Wildman–Crippen LogP) is 2.83. The van der Waals surface area contributed by atoms with Gasteiger partial charge in [-0.2, -0.15) is 13.2 Å². The van der Waals surface area contributed by atoms with Gasteiger partial charge in [-0.1, -0.05) is 24.6 Å². The molecule has 0 bridgehead atoms. The first-order chi connectivity index (χ1) is 12.2. The molecule has 1 aromatic carbocycles. The van der Waals surface area contributed by atoms with Crippen LogP contribution in [0.5, 0.6) is 0 Å². The zero-order chi connectivity index (χ0) is 18.9. The van der Waals surface area contributed by atoms with Gasteiger partial charge < -0.3 is 14.7 Å². The van der Waals surface area contributed by atoms with Crippen molar-refractivity contribution in [3.63, 3.8) is 0 Å². The van der Waals surface area contributed by atoms with Crippen LogP contribution >= 0.6 is 0 Å². The van der Waals surface area contributed by atoms with E-state index in [2.05, 4.69) is 0 Å². The molecule has 0 aromatic heterocycles. The van der Waals surface area contributed by atoms with Gasteiger partial charge in [0.25, 0.3) is 0 Å². The summed E-state index contributed by atoms with van der Waals surface area (Å²) in [4.78, 5) is 25.5. The van der Waals surface area contributed by atoms with Crippen LogP contribution in [0.2, 0.25) is 0 Å². The lowest BCUT2D eigenvalue weighted by atomic mass is 9.63. The number of carboxylic acids is 1. The topological polar surface area (TPSA) is 66.8 Å². The van der Waals surface area contributed by atoms with Gasteiger partial charge in [-0.25, -0.2) is 0 Å². The number of rotatable bonds is 4. The Morgan fingerprint density at radius 1 is 1.31 bits per heavy atom. The van der Waals surface area contributed by atoms with Gasteiger partial charge in [0.15, 0.2) is 0 Å². The Kier molecular flexibility index (Phi) is 4.96. The average molecular weight is 371 g/mol. The number of carbonyl (C=O) groups is 2. The maximum Gasteiger partial charge on any atom is 0.416 e. The molecule has 1 aliphatic heterocycles. The lowest BCUT2D eigenvalue weighted by molar-refractivity contribution is -0.153. The van der Waals surface area contributed by atoms with E-state index in [9.17, 15) is 22.8 Å². The number of carbonyl (C=O) groups excluding carboxylic acids is 1. The van der Waals surface area contributed by atoms with E-state index in [-0.39, 0.29) is 25.5 Å². The van der Waals surface area contributed by atoms with Crippen molar-refractivity contribution in [3.8, 4) is 0 Å². The molecule has 5 nitrogen and oxygen atoms in total. The van der Waals surface area contributed by atoms with Crippen molar-refractivity contribution in [3.05, 3.63) is 35.4 Å². The third-order valence-corrected chi connectivity index (χ3v) is 5.19. The Balaban J connectivity index is 1.83. The number of amides is 1. The van der Waals surface area contributed by atoms with Crippen molar-refractivity contribution >= 4 is 11.9 Å². The fraction of sp³-hybridized carbons (Fsp3) is 0.556. The third kappa shape index (κ3) is 3.56. The molecule has 1 atom stereocenters. The molecule has 1 heterocycles. The summed E-state index contributed by atoms with van der Waals surface area (Å²) in [7, 11) is 0. The van der Waals surface area contributed by atoms with Gasteiger partial charge in [-0.3, -0.25) is 9.59 Å². The number of hydrogen-bond donors (Lipinski definition) is 1. The molecule has 142 valence electrons. The van der Waals surface area contributed by atoms with Gasteiger partial charge in [0.2, 0.25) is 5.91 Å². The summed E-state index contributed by atoms with van der Waals surface area (Å²) in [5.74, 6) is -1.25. The molecule has 2 aliphatic rings. The Labute approximate surface area is 148 Å². The van der Waals surface area contributed by atoms with Crippen LogP contribution in [0.3, 0.4) is 0 Å². The summed E-state index contributed by atoms with van der Waals surface area (Å²) in [6.45, 7) is 0.684. The number of halogens is 3. The van der Waals surface area contributed by atoms with Gasteiger partial charge >= 0.3 is 12.1 Å². The normalized spacial score (nSPS) is 22.6. The lowest BCUT2D eigenvalue weighted by Gasteiger charge is -2.46. The summed E-state index contributed by atoms with van der Waals surface area (Å²) < 4.78 is 44.5. The molecule has 1 aliphatic carbocycles. The highest BCUT2D eigenvalue weighted by atomic mass is 19.4. The van der Waals surface area contributed by atoms with Crippen LogP contribution < -0.4 is 0 Å². The maximum absolute atomic E-state index is 13.1. The van der Waals surface area contributed by atoms with E-state index in [1.165, 1.54) is 11.0 Å². The maximum atomic E-state index is 13.1. The van der Waals surface area contributed by atoms with E-state index < -0.39 is 29.2 Å². The highest BCUT2D eigenvalue weighted by Gasteiger charge is 2.49. The fourth-order valence-corrected chi connectivity index (χ4v) is 3.67. The van der Waals surface area contributed by atoms with Gasteiger partial charge in [0.05, 0.1) is 30.1 Å². The van der Waals surface area contributed by atoms with Crippen molar-refractivity contribution in [1.29, 1.82) is 0 Å². The predicted molar refractivity (Wildman–Crippen MR) is 85.5 cm³/mol. The molecular formula is C18H20F3NO4. The Morgan fingerprint density at radius 3 is 2.62 bits per heavy atom. The van der Waals surface area contributed by atoms with Gasteiger partial charge in [-0.05, 0) is 24.5 Å². The summed E-state index contributed by atoms with van der Waals surface area (Å²) in [5, 5.41) is 8.90. The molecule has 1 amide bonds. The Bertz CT molecular complexity index is 700. The summed E-state index contributed by atoms with van der Waals surface area (Å²) >= 11 is 0. The van der Waals surface area contributed by atoms with Crippen LogP contribution in [0.15, 0.2) is 24.3 Å². The first kappa shape index (κ1) is 18.7. The van der Waals surface area contributed by atoms with Crippen LogP contribution in [0.4, 0.5) is 13.2 Å². The molecule has 1 aromatic rings. The number of benzene rings is 1. The number of morpholine rings is 1. The first-order valence-corrected chi connectivity index (χ1v) is 8.53. The van der Waals surface area contributed by atoms with Crippen LogP contribution in [0.25, 0.3) is 0 Å². The third-order valence-electron chi connectivity index (χ3n) is 5.19. The lowest BCUT2D eigenvalue weighted by Crippen LogP contribution is -2.56. The summed E-state index contributed by atoms with van der Waals surface area (Å²) in [6, 6.07) is 4.96. The largest absolute Gasteiger partial charge is 0.481 e. The smallest absolute Gasteiger partial charge is 0.416 e. The van der Waals surface area contributed by atoms with E-state index in [0.717, 1.165) is 18.6 Å². The molecule has 3 rings (SSSR count). The zero-order valence-corrected chi connectivity index (χ0v) is 14.1. The molecule has 8 heteroatoms. The second kappa shape index (κ2) is 6.90. The molecule has 1 N–H and O–H groups in total. The molecule has 0 spiro atoms. The molecule has 0 radical (unpaired) electrons.